The van der Waals surface area contributed by atoms with Gasteiger partial charge in [0.05, 0.1) is 15.2 Å². The SMILES string of the molecule is Cc1nc2ccc(Br)cc2s1.Nc1ccc(Br)cc1S. The number of fused-ring (bicyclic) bond motifs is 1. The summed E-state index contributed by atoms with van der Waals surface area (Å²) in [6.07, 6.45) is 0. The third-order valence-electron chi connectivity index (χ3n) is 2.45. The Hall–Kier alpha value is -0.560. The molecule has 20 heavy (non-hydrogen) atoms. The summed E-state index contributed by atoms with van der Waals surface area (Å²) in [4.78, 5) is 5.16. The molecule has 1 aromatic heterocycles. The van der Waals surface area contributed by atoms with Gasteiger partial charge in [-0.15, -0.1) is 24.0 Å². The van der Waals surface area contributed by atoms with Crippen molar-refractivity contribution in [2.75, 3.05) is 5.73 Å². The number of anilines is 1. The van der Waals surface area contributed by atoms with Gasteiger partial charge in [0.2, 0.25) is 0 Å². The highest BCUT2D eigenvalue weighted by Gasteiger charge is 1.98. The molecule has 0 saturated carbocycles. The molecule has 0 aliphatic carbocycles. The maximum absolute atomic E-state index is 5.49. The second kappa shape index (κ2) is 6.93. The summed E-state index contributed by atoms with van der Waals surface area (Å²) in [5.41, 5.74) is 7.29. The molecule has 0 spiro atoms. The number of hydrogen-bond acceptors (Lipinski definition) is 4. The molecule has 0 saturated heterocycles. The first-order valence-electron chi connectivity index (χ1n) is 5.72. The molecule has 0 fully saturated rings. The number of halogens is 2. The lowest BCUT2D eigenvalue weighted by molar-refractivity contribution is 1.35. The molecule has 0 aliphatic heterocycles. The van der Waals surface area contributed by atoms with Crippen LogP contribution in [-0.2, 0) is 0 Å². The van der Waals surface area contributed by atoms with E-state index in [1.807, 2.05) is 37.3 Å². The van der Waals surface area contributed by atoms with Gasteiger partial charge in [-0.1, -0.05) is 31.9 Å². The zero-order valence-electron chi connectivity index (χ0n) is 10.6. The lowest BCUT2D eigenvalue weighted by Gasteiger charge is -1.96. The van der Waals surface area contributed by atoms with Gasteiger partial charge in [0.15, 0.2) is 0 Å². The van der Waals surface area contributed by atoms with Gasteiger partial charge < -0.3 is 5.73 Å². The van der Waals surface area contributed by atoms with Gasteiger partial charge in [0.25, 0.3) is 0 Å². The minimum Gasteiger partial charge on any atom is -0.398 e. The van der Waals surface area contributed by atoms with Crippen LogP contribution in [0.3, 0.4) is 0 Å². The van der Waals surface area contributed by atoms with Crippen molar-refractivity contribution in [3.8, 4) is 0 Å². The number of nitrogen functional groups attached to an aromatic ring is 1. The standard InChI is InChI=1S/C8H6BrNS.C6H6BrNS/c1-5-10-7-3-2-6(9)4-8(7)11-5;7-4-1-2-5(8)6(9)3-4/h2-4H,1H3;1-3,9H,8H2. The number of aromatic nitrogens is 1. The highest BCUT2D eigenvalue weighted by atomic mass is 79.9. The van der Waals surface area contributed by atoms with E-state index in [1.165, 1.54) is 4.70 Å². The molecule has 0 atom stereocenters. The molecule has 3 aromatic rings. The van der Waals surface area contributed by atoms with E-state index in [9.17, 15) is 0 Å². The highest BCUT2D eigenvalue weighted by molar-refractivity contribution is 9.10. The van der Waals surface area contributed by atoms with Gasteiger partial charge >= 0.3 is 0 Å². The second-order valence-corrected chi connectivity index (χ2v) is 7.60. The van der Waals surface area contributed by atoms with Crippen LogP contribution in [0.5, 0.6) is 0 Å². The first-order chi connectivity index (χ1) is 9.45. The molecule has 2 aromatic carbocycles. The normalized spacial score (nSPS) is 10.2. The van der Waals surface area contributed by atoms with E-state index in [2.05, 4.69) is 55.5 Å². The fourth-order valence-corrected chi connectivity index (χ4v) is 3.66. The zero-order chi connectivity index (χ0) is 14.7. The van der Waals surface area contributed by atoms with Gasteiger partial charge in [-0.05, 0) is 43.3 Å². The number of nitrogens with zero attached hydrogens (tertiary/aromatic N) is 1. The van der Waals surface area contributed by atoms with Crippen LogP contribution in [0.1, 0.15) is 5.01 Å². The molecule has 0 unspecified atom stereocenters. The average molecular weight is 432 g/mol. The predicted octanol–water partition coefficient (Wildman–Crippen LogP) is 5.69. The molecule has 0 aliphatic rings. The average Bonchev–Trinajstić information content (AvgIpc) is 2.74. The van der Waals surface area contributed by atoms with Gasteiger partial charge in [-0.2, -0.15) is 0 Å². The number of nitrogens with two attached hydrogens (primary N) is 1. The van der Waals surface area contributed by atoms with Crippen molar-refractivity contribution >= 4 is 71.7 Å². The molecular weight excluding hydrogens is 420 g/mol. The van der Waals surface area contributed by atoms with Crippen LogP contribution in [0, 0.1) is 6.92 Å². The van der Waals surface area contributed by atoms with Crippen molar-refractivity contribution < 1.29 is 0 Å². The van der Waals surface area contributed by atoms with Crippen LogP contribution in [-0.4, -0.2) is 4.98 Å². The monoisotopic (exact) mass is 430 g/mol. The van der Waals surface area contributed by atoms with Gasteiger partial charge in [-0.3, -0.25) is 0 Å². The Bertz CT molecular complexity index is 741. The van der Waals surface area contributed by atoms with E-state index in [0.717, 1.165) is 24.4 Å². The number of hydrogen-bond donors (Lipinski definition) is 2. The Morgan fingerprint density at radius 1 is 1.10 bits per heavy atom. The van der Waals surface area contributed by atoms with E-state index in [1.54, 1.807) is 11.3 Å². The summed E-state index contributed by atoms with van der Waals surface area (Å²) >= 11 is 12.6. The fourth-order valence-electron chi connectivity index (χ4n) is 1.53. The largest absolute Gasteiger partial charge is 0.398 e. The van der Waals surface area contributed by atoms with Crippen LogP contribution >= 0.6 is 55.8 Å². The Kier molecular flexibility index (Phi) is 5.49. The molecule has 104 valence electrons. The fraction of sp³-hybridized carbons (Fsp3) is 0.0714. The lowest BCUT2D eigenvalue weighted by atomic mass is 10.3. The van der Waals surface area contributed by atoms with E-state index >= 15 is 0 Å². The van der Waals surface area contributed by atoms with Crippen molar-refractivity contribution in [2.24, 2.45) is 0 Å². The van der Waals surface area contributed by atoms with E-state index in [0.29, 0.717) is 5.69 Å². The highest BCUT2D eigenvalue weighted by Crippen LogP contribution is 2.24. The van der Waals surface area contributed by atoms with Crippen molar-refractivity contribution in [2.45, 2.75) is 11.8 Å². The Morgan fingerprint density at radius 3 is 2.40 bits per heavy atom. The summed E-state index contributed by atoms with van der Waals surface area (Å²) in [5.74, 6) is 0. The minimum absolute atomic E-state index is 0.710. The molecule has 2 nitrogen and oxygen atoms in total. The quantitative estimate of drug-likeness (QED) is 0.354. The number of thiol groups is 1. The van der Waals surface area contributed by atoms with Gasteiger partial charge in [0.1, 0.15) is 0 Å². The van der Waals surface area contributed by atoms with Gasteiger partial charge in [0, 0.05) is 19.5 Å². The summed E-state index contributed by atoms with van der Waals surface area (Å²) in [5, 5.41) is 1.12. The molecule has 0 amide bonds. The third-order valence-corrected chi connectivity index (χ3v) is 4.76. The first kappa shape index (κ1) is 15.8. The number of thiazole rings is 1. The van der Waals surface area contributed by atoms with Crippen molar-refractivity contribution in [3.63, 3.8) is 0 Å². The molecule has 2 N–H and O–H groups in total. The topological polar surface area (TPSA) is 38.9 Å². The number of rotatable bonds is 0. The molecule has 0 bridgehead atoms. The van der Waals surface area contributed by atoms with Crippen molar-refractivity contribution in [1.82, 2.24) is 4.98 Å². The summed E-state index contributed by atoms with van der Waals surface area (Å²) in [7, 11) is 0. The molecule has 0 radical (unpaired) electrons. The zero-order valence-corrected chi connectivity index (χ0v) is 15.5. The Labute approximate surface area is 144 Å². The van der Waals surface area contributed by atoms with Crippen LogP contribution in [0.4, 0.5) is 5.69 Å². The second-order valence-electron chi connectivity index (χ2n) is 4.05. The van der Waals surface area contributed by atoms with E-state index < -0.39 is 0 Å². The summed E-state index contributed by atoms with van der Waals surface area (Å²) < 4.78 is 3.37. The van der Waals surface area contributed by atoms with Gasteiger partial charge in [-0.25, -0.2) is 4.98 Å². The summed E-state index contributed by atoms with van der Waals surface area (Å²) in [6, 6.07) is 11.7. The Balaban J connectivity index is 0.000000151. The first-order valence-corrected chi connectivity index (χ1v) is 8.57. The minimum atomic E-state index is 0.710. The number of benzene rings is 2. The molecule has 6 heteroatoms. The smallest absolute Gasteiger partial charge is 0.0907 e. The maximum atomic E-state index is 5.49. The van der Waals surface area contributed by atoms with Crippen LogP contribution < -0.4 is 5.73 Å². The van der Waals surface area contributed by atoms with Crippen LogP contribution in [0.2, 0.25) is 0 Å². The molecule has 3 rings (SSSR count). The van der Waals surface area contributed by atoms with E-state index in [4.69, 9.17) is 5.73 Å². The van der Waals surface area contributed by atoms with Crippen LogP contribution in [0.15, 0.2) is 50.2 Å². The third kappa shape index (κ3) is 4.22. The van der Waals surface area contributed by atoms with E-state index in [-0.39, 0.29) is 0 Å². The van der Waals surface area contributed by atoms with Crippen LogP contribution in [0.25, 0.3) is 10.2 Å². The maximum Gasteiger partial charge on any atom is 0.0907 e. The lowest BCUT2D eigenvalue weighted by Crippen LogP contribution is -1.84. The summed E-state index contributed by atoms with van der Waals surface area (Å²) in [6.45, 7) is 2.03. The van der Waals surface area contributed by atoms with Crippen molar-refractivity contribution in [3.05, 3.63) is 50.4 Å². The molecular formula is C14H12Br2N2S2. The number of aryl methyl sites for hydroxylation is 1. The molecule has 1 heterocycles. The Morgan fingerprint density at radius 2 is 1.75 bits per heavy atom. The predicted molar refractivity (Wildman–Crippen MR) is 97.9 cm³/mol. The van der Waals surface area contributed by atoms with Crippen molar-refractivity contribution in [1.29, 1.82) is 0 Å².